The molecule has 0 fully saturated rings. The number of aromatic nitrogens is 6. The highest BCUT2D eigenvalue weighted by Crippen LogP contribution is 2.24. The van der Waals surface area contributed by atoms with Crippen LogP contribution >= 0.6 is 0 Å². The zero-order valence-electron chi connectivity index (χ0n) is 28.7. The first-order valence-electron chi connectivity index (χ1n) is 16.3. The van der Waals surface area contributed by atoms with Crippen LogP contribution in [0, 0.1) is 36.5 Å². The predicted molar refractivity (Wildman–Crippen MR) is 198 cm³/mol. The van der Waals surface area contributed by atoms with E-state index in [9.17, 15) is 14.8 Å². The van der Waals surface area contributed by atoms with Gasteiger partial charge in [0.25, 0.3) is 11.1 Å². The first-order chi connectivity index (χ1) is 25.7. The fraction of sp³-hybridized carbons (Fsp3) is 0.128. The molecule has 53 heavy (non-hydrogen) atoms. The summed E-state index contributed by atoms with van der Waals surface area (Å²) in [6.45, 7) is 4.84. The minimum atomic E-state index is -0.571. The van der Waals surface area contributed by atoms with Gasteiger partial charge in [-0.25, -0.2) is 19.9 Å². The molecule has 0 saturated heterocycles. The lowest BCUT2D eigenvalue weighted by molar-refractivity contribution is 0.0979. The van der Waals surface area contributed by atoms with Crippen LogP contribution in [0.2, 0.25) is 0 Å². The van der Waals surface area contributed by atoms with Crippen LogP contribution in [0.5, 0.6) is 0 Å². The number of hydrogen-bond donors (Lipinski definition) is 3. The maximum atomic E-state index is 12.8. The molecular formula is C39H32N10O4. The quantitative estimate of drug-likeness (QED) is 0.170. The maximum absolute atomic E-state index is 12.8. The van der Waals surface area contributed by atoms with Crippen molar-refractivity contribution in [2.75, 3.05) is 10.6 Å². The summed E-state index contributed by atoms with van der Waals surface area (Å²) in [5.41, 5.74) is 6.34. The van der Waals surface area contributed by atoms with Crippen molar-refractivity contribution in [3.8, 4) is 12.1 Å². The Morgan fingerprint density at radius 1 is 0.660 bits per heavy atom. The summed E-state index contributed by atoms with van der Waals surface area (Å²) in [7, 11) is 0. The van der Waals surface area contributed by atoms with Crippen LogP contribution in [0.25, 0.3) is 22.1 Å². The van der Waals surface area contributed by atoms with Gasteiger partial charge >= 0.3 is 0 Å². The highest BCUT2D eigenvalue weighted by atomic mass is 16.7. The van der Waals surface area contributed by atoms with Crippen LogP contribution in [0.15, 0.2) is 113 Å². The van der Waals surface area contributed by atoms with E-state index < -0.39 is 5.56 Å². The Labute approximate surface area is 302 Å². The van der Waals surface area contributed by atoms with Gasteiger partial charge in [-0.05, 0) is 54.8 Å². The molecule has 0 aliphatic heterocycles. The number of rotatable bonds is 9. The molecule has 3 aromatic carbocycles. The standard InChI is InChI=1S/C23H19N5O2.C16H13N5O2/c1-16-22-20(25-13-18-9-7-17(12-24)8-10-18)11-21(29)28(23(22)27-15-26-16)30-14-19-5-3-2-4-6-19;1-10-15-13(6-14(22)21(23)16(15)20-9-19-10)18-8-12-4-2-11(7-17)3-5-12/h2-11,15,25H,13-14H2,1H3;2-6,9,18,23H,8H2,1H3. The minimum Gasteiger partial charge on any atom is -0.423 e. The molecule has 4 aromatic heterocycles. The van der Waals surface area contributed by atoms with Crippen LogP contribution in [0.1, 0.15) is 39.2 Å². The van der Waals surface area contributed by atoms with Crippen LogP contribution < -0.4 is 26.6 Å². The molecule has 0 saturated carbocycles. The molecule has 262 valence electrons. The molecule has 7 aromatic rings. The van der Waals surface area contributed by atoms with Gasteiger partial charge in [-0.1, -0.05) is 54.6 Å². The summed E-state index contributed by atoms with van der Waals surface area (Å²) in [6, 6.07) is 31.0. The zero-order valence-corrected chi connectivity index (χ0v) is 28.7. The lowest BCUT2D eigenvalue weighted by atomic mass is 10.1. The molecule has 0 radical (unpaired) electrons. The minimum absolute atomic E-state index is 0.160. The number of hydrogen-bond acceptors (Lipinski definition) is 12. The second-order valence-electron chi connectivity index (χ2n) is 11.8. The van der Waals surface area contributed by atoms with E-state index >= 15 is 0 Å². The first-order valence-corrected chi connectivity index (χ1v) is 16.3. The third-order valence-electron chi connectivity index (χ3n) is 8.24. The summed E-state index contributed by atoms with van der Waals surface area (Å²) in [4.78, 5) is 47.1. The van der Waals surface area contributed by atoms with Gasteiger partial charge in [0.2, 0.25) is 0 Å². The summed E-state index contributed by atoms with van der Waals surface area (Å²) in [5.74, 6) is 0. The average Bonchev–Trinajstić information content (AvgIpc) is 3.18. The summed E-state index contributed by atoms with van der Waals surface area (Å²) >= 11 is 0. The fourth-order valence-corrected chi connectivity index (χ4v) is 5.49. The van der Waals surface area contributed by atoms with E-state index in [-0.39, 0.29) is 17.8 Å². The van der Waals surface area contributed by atoms with Gasteiger partial charge in [0.05, 0.1) is 56.8 Å². The molecule has 4 heterocycles. The van der Waals surface area contributed by atoms with Gasteiger partial charge in [0.15, 0.2) is 11.3 Å². The van der Waals surface area contributed by atoms with Crippen LogP contribution in [-0.2, 0) is 19.7 Å². The molecule has 3 N–H and O–H groups in total. The Hall–Kier alpha value is -7.58. The molecule has 0 bridgehead atoms. The van der Waals surface area contributed by atoms with Crippen molar-refractivity contribution in [3.63, 3.8) is 0 Å². The molecule has 0 spiro atoms. The monoisotopic (exact) mass is 704 g/mol. The molecule has 0 aliphatic rings. The van der Waals surface area contributed by atoms with Crippen LogP contribution in [-0.4, -0.2) is 34.6 Å². The van der Waals surface area contributed by atoms with E-state index in [0.717, 1.165) is 27.8 Å². The Bertz CT molecular complexity index is 2610. The number of nitriles is 2. The van der Waals surface area contributed by atoms with Crippen LogP contribution in [0.3, 0.4) is 0 Å². The van der Waals surface area contributed by atoms with Crippen molar-refractivity contribution in [1.29, 1.82) is 10.5 Å². The molecular weight excluding hydrogens is 672 g/mol. The topological polar surface area (TPSA) is 197 Å². The van der Waals surface area contributed by atoms with Gasteiger partial charge in [-0.15, -0.1) is 9.46 Å². The van der Waals surface area contributed by atoms with Crippen molar-refractivity contribution < 1.29 is 10.0 Å². The van der Waals surface area contributed by atoms with Crippen molar-refractivity contribution in [1.82, 2.24) is 29.4 Å². The van der Waals surface area contributed by atoms with E-state index in [4.69, 9.17) is 15.4 Å². The SMILES string of the molecule is Cc1ncnc2c1c(NCc1ccc(C#N)cc1)cc(=O)n2O.Cc1ncnc2c1c(NCc1ccc(C#N)cc1)cc(=O)n2OCc1ccccc1. The Kier molecular flexibility index (Phi) is 10.6. The van der Waals surface area contributed by atoms with Gasteiger partial charge in [0, 0.05) is 25.2 Å². The molecule has 7 rings (SSSR count). The molecule has 0 aliphatic carbocycles. The maximum Gasteiger partial charge on any atom is 0.287 e. The number of aryl methyl sites for hydroxylation is 2. The number of nitrogens with one attached hydrogen (secondary N) is 2. The smallest absolute Gasteiger partial charge is 0.287 e. The van der Waals surface area contributed by atoms with E-state index in [2.05, 4.69) is 42.7 Å². The van der Waals surface area contributed by atoms with Gasteiger partial charge in [0.1, 0.15) is 19.3 Å². The van der Waals surface area contributed by atoms with E-state index in [1.807, 2.05) is 61.5 Å². The largest absolute Gasteiger partial charge is 0.423 e. The van der Waals surface area contributed by atoms with Crippen molar-refractivity contribution >= 4 is 33.4 Å². The van der Waals surface area contributed by atoms with E-state index in [1.54, 1.807) is 31.2 Å². The third-order valence-corrected chi connectivity index (χ3v) is 8.24. The summed E-state index contributed by atoms with van der Waals surface area (Å²) in [5, 5.41) is 35.3. The zero-order chi connectivity index (χ0) is 37.3. The lowest BCUT2D eigenvalue weighted by Gasteiger charge is -2.15. The third kappa shape index (κ3) is 8.09. The number of nitrogens with zero attached hydrogens (tertiary/aromatic N) is 8. The Morgan fingerprint density at radius 3 is 1.68 bits per heavy atom. The molecule has 14 nitrogen and oxygen atoms in total. The summed E-state index contributed by atoms with van der Waals surface area (Å²) < 4.78 is 1.72. The highest BCUT2D eigenvalue weighted by Gasteiger charge is 2.15. The van der Waals surface area contributed by atoms with Gasteiger partial charge in [-0.2, -0.15) is 10.5 Å². The molecule has 14 heteroatoms. The normalized spacial score (nSPS) is 10.5. The molecule has 0 atom stereocenters. The number of anilines is 2. The van der Waals surface area contributed by atoms with E-state index in [1.165, 1.54) is 29.5 Å². The summed E-state index contributed by atoms with van der Waals surface area (Å²) in [6.07, 6.45) is 2.72. The van der Waals surface area contributed by atoms with Crippen LogP contribution in [0.4, 0.5) is 11.4 Å². The highest BCUT2D eigenvalue weighted by molar-refractivity contribution is 5.91. The second kappa shape index (κ2) is 16.0. The van der Waals surface area contributed by atoms with Gasteiger partial charge in [-0.3, -0.25) is 9.59 Å². The average molecular weight is 705 g/mol. The fourth-order valence-electron chi connectivity index (χ4n) is 5.49. The van der Waals surface area contributed by atoms with Crippen molar-refractivity contribution in [2.24, 2.45) is 0 Å². The lowest BCUT2D eigenvalue weighted by Crippen LogP contribution is -2.28. The van der Waals surface area contributed by atoms with E-state index in [0.29, 0.717) is 57.0 Å². The predicted octanol–water partition coefficient (Wildman–Crippen LogP) is 5.03. The Balaban J connectivity index is 0.000000188. The number of fused-ring (bicyclic) bond motifs is 2. The first kappa shape index (κ1) is 35.3. The Morgan fingerprint density at radius 2 is 1.15 bits per heavy atom. The van der Waals surface area contributed by atoms with Crippen molar-refractivity contribution in [2.45, 2.75) is 33.5 Å². The van der Waals surface area contributed by atoms with Crippen molar-refractivity contribution in [3.05, 3.63) is 164 Å². The molecule has 0 unspecified atom stereocenters. The number of pyridine rings is 2. The molecule has 0 amide bonds. The number of benzene rings is 3. The van der Waals surface area contributed by atoms with Gasteiger partial charge < -0.3 is 20.7 Å². The second-order valence-corrected chi connectivity index (χ2v) is 11.8.